The molecule has 0 saturated heterocycles. The number of hydrogen-bond donors (Lipinski definition) is 0. The highest BCUT2D eigenvalue weighted by molar-refractivity contribution is 6.06. The molecule has 0 fully saturated rings. The number of furan rings is 1. The highest BCUT2D eigenvalue weighted by Crippen LogP contribution is 2.49. The maximum atomic E-state index is 6.15. The molecule has 0 radical (unpaired) electrons. The van der Waals surface area contributed by atoms with Crippen LogP contribution >= 0.6 is 0 Å². The first-order valence-electron chi connectivity index (χ1n) is 17.7. The molecule has 52 heavy (non-hydrogen) atoms. The summed E-state index contributed by atoms with van der Waals surface area (Å²) in [6, 6.07) is 53.4. The minimum absolute atomic E-state index is 0.0459. The van der Waals surface area contributed by atoms with Crippen molar-refractivity contribution in [2.24, 2.45) is 0 Å². The van der Waals surface area contributed by atoms with Crippen LogP contribution in [0.2, 0.25) is 0 Å². The fourth-order valence-electron chi connectivity index (χ4n) is 7.85. The Kier molecular flexibility index (Phi) is 6.80. The van der Waals surface area contributed by atoms with Crippen molar-refractivity contribution in [2.75, 3.05) is 0 Å². The van der Waals surface area contributed by atoms with Crippen LogP contribution in [0.4, 0.5) is 0 Å². The molecule has 1 aliphatic carbocycles. The lowest BCUT2D eigenvalue weighted by molar-refractivity contribution is 0.660. The zero-order valence-corrected chi connectivity index (χ0v) is 28.8. The molecule has 0 spiro atoms. The van der Waals surface area contributed by atoms with E-state index in [9.17, 15) is 0 Å². The van der Waals surface area contributed by atoms with E-state index in [1.165, 1.54) is 33.4 Å². The van der Waals surface area contributed by atoms with Crippen LogP contribution in [0.15, 0.2) is 168 Å². The average molecular weight is 668 g/mol. The molecule has 10 rings (SSSR count). The molecule has 3 aromatic heterocycles. The number of nitrogens with zero attached hydrogens (tertiary/aromatic N) is 3. The Morgan fingerprint density at radius 3 is 1.98 bits per heavy atom. The average Bonchev–Trinajstić information content (AvgIpc) is 3.69. The Morgan fingerprint density at radius 2 is 1.12 bits per heavy atom. The van der Waals surface area contributed by atoms with E-state index >= 15 is 0 Å². The largest absolute Gasteiger partial charge is 0.456 e. The molecule has 4 heteroatoms. The first-order valence-corrected chi connectivity index (χ1v) is 17.7. The van der Waals surface area contributed by atoms with E-state index in [0.29, 0.717) is 5.82 Å². The maximum absolute atomic E-state index is 6.15. The SMILES string of the molecule is CC1(C)c2ccccc2-c2ccc(-c3ccc(-c4cc(-c5ccc6oc7ccccc7c6c5)nc(-c5cccc(-c6cccnc6)c5)n4)cc3)cc21. The number of hydrogen-bond acceptors (Lipinski definition) is 4. The van der Waals surface area contributed by atoms with Crippen LogP contribution < -0.4 is 0 Å². The number of aromatic nitrogens is 3. The standard InChI is InChI=1S/C48H33N3O/c1-48(2)41-14-5-3-12-37(41)38-22-20-33(27-42(38)48)30-16-18-31(19-17-30)43-28-44(34-21-23-46-40(26-34)39-13-4-6-15-45(39)52-46)51-47(50-43)35-10-7-9-32(25-35)36-11-8-24-49-29-36/h3-29H,1-2H3. The fourth-order valence-corrected chi connectivity index (χ4v) is 7.85. The van der Waals surface area contributed by atoms with Crippen molar-refractivity contribution in [3.8, 4) is 67.3 Å². The topological polar surface area (TPSA) is 51.8 Å². The third kappa shape index (κ3) is 4.95. The molecule has 1 aliphatic rings. The summed E-state index contributed by atoms with van der Waals surface area (Å²) >= 11 is 0. The van der Waals surface area contributed by atoms with Crippen LogP contribution in [0.5, 0.6) is 0 Å². The van der Waals surface area contributed by atoms with Gasteiger partial charge in [0.15, 0.2) is 5.82 Å². The number of fused-ring (bicyclic) bond motifs is 6. The quantitative estimate of drug-likeness (QED) is 0.183. The first-order chi connectivity index (χ1) is 25.5. The van der Waals surface area contributed by atoms with E-state index in [4.69, 9.17) is 14.4 Å². The summed E-state index contributed by atoms with van der Waals surface area (Å²) < 4.78 is 6.15. The predicted octanol–water partition coefficient (Wildman–Crippen LogP) is 12.4. The zero-order chi connectivity index (χ0) is 34.8. The van der Waals surface area contributed by atoms with Gasteiger partial charge in [0.1, 0.15) is 11.2 Å². The van der Waals surface area contributed by atoms with Crippen molar-refractivity contribution in [1.82, 2.24) is 15.0 Å². The van der Waals surface area contributed by atoms with E-state index in [-0.39, 0.29) is 5.41 Å². The second kappa shape index (κ2) is 11.7. The Hall–Kier alpha value is -6.65. The Morgan fingerprint density at radius 1 is 0.442 bits per heavy atom. The third-order valence-electron chi connectivity index (χ3n) is 10.6. The third-order valence-corrected chi connectivity index (χ3v) is 10.6. The fraction of sp³-hybridized carbons (Fsp3) is 0.0625. The molecule has 4 nitrogen and oxygen atoms in total. The summed E-state index contributed by atoms with van der Waals surface area (Å²) in [6.07, 6.45) is 3.68. The van der Waals surface area contributed by atoms with Gasteiger partial charge in [-0.25, -0.2) is 9.97 Å². The number of rotatable bonds is 5. The first kappa shape index (κ1) is 30.2. The molecular weight excluding hydrogens is 635 g/mol. The second-order valence-corrected chi connectivity index (χ2v) is 14.1. The number of pyridine rings is 1. The van der Waals surface area contributed by atoms with Crippen molar-refractivity contribution in [3.05, 3.63) is 175 Å². The molecule has 0 amide bonds. The van der Waals surface area contributed by atoms with E-state index in [1.807, 2.05) is 36.5 Å². The smallest absolute Gasteiger partial charge is 0.160 e. The lowest BCUT2D eigenvalue weighted by atomic mass is 9.81. The molecule has 246 valence electrons. The van der Waals surface area contributed by atoms with Crippen LogP contribution in [-0.4, -0.2) is 15.0 Å². The van der Waals surface area contributed by atoms with Crippen LogP contribution in [0.25, 0.3) is 89.2 Å². The van der Waals surface area contributed by atoms with Crippen molar-refractivity contribution >= 4 is 21.9 Å². The summed E-state index contributed by atoms with van der Waals surface area (Å²) in [5.74, 6) is 0.667. The van der Waals surface area contributed by atoms with Gasteiger partial charge >= 0.3 is 0 Å². The van der Waals surface area contributed by atoms with Crippen LogP contribution in [0.3, 0.4) is 0 Å². The molecule has 0 unspecified atom stereocenters. The van der Waals surface area contributed by atoms with Crippen LogP contribution in [-0.2, 0) is 5.41 Å². The molecule has 9 aromatic rings. The molecule has 0 saturated carbocycles. The van der Waals surface area contributed by atoms with Gasteiger partial charge in [-0.1, -0.05) is 117 Å². The maximum Gasteiger partial charge on any atom is 0.160 e. The Balaban J connectivity index is 1.07. The van der Waals surface area contributed by atoms with Gasteiger partial charge in [-0.15, -0.1) is 0 Å². The normalized spacial score (nSPS) is 13.0. The molecule has 6 aromatic carbocycles. The molecule has 0 N–H and O–H groups in total. The molecule has 0 bridgehead atoms. The lowest BCUT2D eigenvalue weighted by Crippen LogP contribution is -2.14. The summed E-state index contributed by atoms with van der Waals surface area (Å²) in [4.78, 5) is 14.7. The molecule has 0 atom stereocenters. The minimum atomic E-state index is -0.0459. The van der Waals surface area contributed by atoms with Crippen LogP contribution in [0.1, 0.15) is 25.0 Å². The van der Waals surface area contributed by atoms with Gasteiger partial charge in [-0.05, 0) is 87.5 Å². The zero-order valence-electron chi connectivity index (χ0n) is 28.8. The Bertz CT molecular complexity index is 2810. The highest BCUT2D eigenvalue weighted by Gasteiger charge is 2.35. The van der Waals surface area contributed by atoms with E-state index in [1.54, 1.807) is 6.20 Å². The van der Waals surface area contributed by atoms with Gasteiger partial charge in [0.2, 0.25) is 0 Å². The summed E-state index contributed by atoms with van der Waals surface area (Å²) in [5.41, 5.74) is 16.3. The minimum Gasteiger partial charge on any atom is -0.456 e. The molecular formula is C48H33N3O. The lowest BCUT2D eigenvalue weighted by Gasteiger charge is -2.22. The second-order valence-electron chi connectivity index (χ2n) is 14.1. The number of para-hydroxylation sites is 1. The van der Waals surface area contributed by atoms with Gasteiger partial charge in [-0.3, -0.25) is 4.98 Å². The molecule has 0 aliphatic heterocycles. The van der Waals surface area contributed by atoms with Gasteiger partial charge in [0.25, 0.3) is 0 Å². The van der Waals surface area contributed by atoms with Gasteiger partial charge in [0, 0.05) is 50.8 Å². The number of benzene rings is 6. The highest BCUT2D eigenvalue weighted by atomic mass is 16.3. The monoisotopic (exact) mass is 667 g/mol. The summed E-state index contributed by atoms with van der Waals surface area (Å²) in [6.45, 7) is 4.65. The van der Waals surface area contributed by atoms with Crippen molar-refractivity contribution in [2.45, 2.75) is 19.3 Å². The van der Waals surface area contributed by atoms with E-state index < -0.39 is 0 Å². The molecule has 3 heterocycles. The predicted molar refractivity (Wildman–Crippen MR) is 212 cm³/mol. The van der Waals surface area contributed by atoms with E-state index in [0.717, 1.165) is 61.1 Å². The van der Waals surface area contributed by atoms with Gasteiger partial charge in [-0.2, -0.15) is 0 Å². The summed E-state index contributed by atoms with van der Waals surface area (Å²) in [7, 11) is 0. The summed E-state index contributed by atoms with van der Waals surface area (Å²) in [5, 5.41) is 2.16. The van der Waals surface area contributed by atoms with Crippen LogP contribution in [0, 0.1) is 0 Å². The van der Waals surface area contributed by atoms with Crippen molar-refractivity contribution in [1.29, 1.82) is 0 Å². The Labute approximate surface area is 302 Å². The van der Waals surface area contributed by atoms with Gasteiger partial charge < -0.3 is 4.42 Å². The van der Waals surface area contributed by atoms with Crippen molar-refractivity contribution < 1.29 is 4.42 Å². The van der Waals surface area contributed by atoms with E-state index in [2.05, 4.69) is 140 Å². The van der Waals surface area contributed by atoms with Gasteiger partial charge in [0.05, 0.1) is 11.4 Å². The van der Waals surface area contributed by atoms with Crippen molar-refractivity contribution in [3.63, 3.8) is 0 Å².